The molecule has 1 saturated heterocycles. The minimum atomic E-state index is 0.206. The van der Waals surface area contributed by atoms with Gasteiger partial charge in [-0.2, -0.15) is 0 Å². The van der Waals surface area contributed by atoms with Gasteiger partial charge in [0.25, 0.3) is 0 Å². The van der Waals surface area contributed by atoms with Gasteiger partial charge in [-0.25, -0.2) is 0 Å². The van der Waals surface area contributed by atoms with Gasteiger partial charge in [-0.15, -0.1) is 0 Å². The van der Waals surface area contributed by atoms with Crippen LogP contribution in [0.2, 0.25) is 0 Å². The molecule has 0 atom stereocenters. The van der Waals surface area contributed by atoms with Gasteiger partial charge in [0.2, 0.25) is 12.7 Å². The maximum atomic E-state index is 12.5. The third-order valence-electron chi connectivity index (χ3n) is 5.34. The summed E-state index contributed by atoms with van der Waals surface area (Å²) in [7, 11) is 0. The molecule has 3 heterocycles. The largest absolute Gasteiger partial charge is 0.454 e. The average Bonchev–Trinajstić information content (AvgIpc) is 3.26. The molecule has 0 unspecified atom stereocenters. The fourth-order valence-electron chi connectivity index (χ4n) is 3.70. The van der Waals surface area contributed by atoms with Crippen LogP contribution in [0.15, 0.2) is 22.7 Å². The van der Waals surface area contributed by atoms with Crippen molar-refractivity contribution in [2.75, 3.05) is 33.0 Å². The number of fused-ring (bicyclic) bond motifs is 1. The second-order valence-corrected chi connectivity index (χ2v) is 7.15. The number of amides is 1. The number of aromatic nitrogens is 1. The first kappa shape index (κ1) is 17.9. The maximum Gasteiger partial charge on any atom is 0.231 e. The van der Waals surface area contributed by atoms with Crippen molar-refractivity contribution in [3.8, 4) is 11.5 Å². The topological polar surface area (TPSA) is 68.0 Å². The molecule has 144 valence electrons. The van der Waals surface area contributed by atoms with Crippen molar-refractivity contribution in [3.63, 3.8) is 0 Å². The Hall–Kier alpha value is -2.54. The van der Waals surface area contributed by atoms with E-state index in [1.165, 1.54) is 5.56 Å². The van der Waals surface area contributed by atoms with E-state index in [4.69, 9.17) is 14.0 Å². The zero-order valence-corrected chi connectivity index (χ0v) is 15.9. The molecule has 0 radical (unpaired) electrons. The maximum absolute atomic E-state index is 12.5. The Morgan fingerprint density at radius 3 is 2.63 bits per heavy atom. The summed E-state index contributed by atoms with van der Waals surface area (Å²) in [6.07, 6.45) is 1.20. The van der Waals surface area contributed by atoms with Crippen molar-refractivity contribution < 1.29 is 18.8 Å². The molecular formula is C20H25N3O4. The van der Waals surface area contributed by atoms with Gasteiger partial charge >= 0.3 is 0 Å². The molecule has 7 heteroatoms. The van der Waals surface area contributed by atoms with Gasteiger partial charge in [-0.05, 0) is 38.0 Å². The Morgan fingerprint density at radius 1 is 1.11 bits per heavy atom. The molecule has 0 N–H and O–H groups in total. The number of rotatable bonds is 5. The molecular weight excluding hydrogens is 346 g/mol. The zero-order valence-electron chi connectivity index (χ0n) is 15.9. The number of aryl methyl sites for hydroxylation is 2. The minimum absolute atomic E-state index is 0.206. The van der Waals surface area contributed by atoms with Gasteiger partial charge in [0, 0.05) is 44.7 Å². The van der Waals surface area contributed by atoms with E-state index in [1.54, 1.807) is 0 Å². The smallest absolute Gasteiger partial charge is 0.231 e. The standard InChI is InChI=1S/C20H25N3O4/c1-14-17(15(2)27-21-14)4-6-20(24)23-9-7-22(8-10-23)12-16-3-5-18-19(11-16)26-13-25-18/h3,5,11H,4,6-10,12-13H2,1-2H3. The van der Waals surface area contributed by atoms with Crippen molar-refractivity contribution in [2.45, 2.75) is 33.2 Å². The Labute approximate surface area is 158 Å². The molecule has 27 heavy (non-hydrogen) atoms. The lowest BCUT2D eigenvalue weighted by Crippen LogP contribution is -2.48. The number of benzene rings is 1. The van der Waals surface area contributed by atoms with Crippen LogP contribution in [0.1, 0.15) is 29.0 Å². The lowest BCUT2D eigenvalue weighted by molar-refractivity contribution is -0.133. The Balaban J connectivity index is 1.25. The van der Waals surface area contributed by atoms with Gasteiger partial charge in [-0.1, -0.05) is 11.2 Å². The Kier molecular flexibility index (Phi) is 5.03. The van der Waals surface area contributed by atoms with Crippen LogP contribution in [0.3, 0.4) is 0 Å². The highest BCUT2D eigenvalue weighted by Gasteiger charge is 2.22. The van der Waals surface area contributed by atoms with Crippen LogP contribution >= 0.6 is 0 Å². The summed E-state index contributed by atoms with van der Waals surface area (Å²) >= 11 is 0. The molecule has 1 aromatic carbocycles. The molecule has 0 bridgehead atoms. The second-order valence-electron chi connectivity index (χ2n) is 7.15. The third kappa shape index (κ3) is 3.93. The van der Waals surface area contributed by atoms with E-state index in [0.717, 1.165) is 61.2 Å². The van der Waals surface area contributed by atoms with Crippen LogP contribution in [0.25, 0.3) is 0 Å². The molecule has 4 rings (SSSR count). The van der Waals surface area contributed by atoms with Gasteiger partial charge in [0.05, 0.1) is 5.69 Å². The normalized spacial score (nSPS) is 16.7. The minimum Gasteiger partial charge on any atom is -0.454 e. The number of carbonyl (C=O) groups excluding carboxylic acids is 1. The summed E-state index contributed by atoms with van der Waals surface area (Å²) in [5.74, 6) is 2.65. The SMILES string of the molecule is Cc1noc(C)c1CCC(=O)N1CCN(Cc2ccc3c(c2)OCO3)CC1. The Morgan fingerprint density at radius 2 is 1.89 bits per heavy atom. The first-order chi connectivity index (χ1) is 13.1. The van der Waals surface area contributed by atoms with Crippen LogP contribution < -0.4 is 9.47 Å². The molecule has 0 spiro atoms. The number of nitrogens with zero attached hydrogens (tertiary/aromatic N) is 3. The number of piperazine rings is 1. The molecule has 0 aliphatic carbocycles. The van der Waals surface area contributed by atoms with Gasteiger partial charge in [-0.3, -0.25) is 9.69 Å². The van der Waals surface area contributed by atoms with Crippen molar-refractivity contribution >= 4 is 5.91 Å². The van der Waals surface area contributed by atoms with Crippen molar-refractivity contribution in [2.24, 2.45) is 0 Å². The van der Waals surface area contributed by atoms with Gasteiger partial charge < -0.3 is 18.9 Å². The molecule has 2 aliphatic rings. The van der Waals surface area contributed by atoms with Crippen LogP contribution in [0.5, 0.6) is 11.5 Å². The van der Waals surface area contributed by atoms with E-state index < -0.39 is 0 Å². The highest BCUT2D eigenvalue weighted by atomic mass is 16.7. The lowest BCUT2D eigenvalue weighted by Gasteiger charge is -2.34. The van der Waals surface area contributed by atoms with Crippen molar-refractivity contribution in [1.82, 2.24) is 15.0 Å². The monoisotopic (exact) mass is 371 g/mol. The van der Waals surface area contributed by atoms with Crippen LogP contribution in [-0.2, 0) is 17.8 Å². The summed E-state index contributed by atoms with van der Waals surface area (Å²) < 4.78 is 16.0. The van der Waals surface area contributed by atoms with E-state index >= 15 is 0 Å². The molecule has 1 amide bonds. The quantitative estimate of drug-likeness (QED) is 0.803. The molecule has 0 saturated carbocycles. The highest BCUT2D eigenvalue weighted by molar-refractivity contribution is 5.76. The number of hydrogen-bond acceptors (Lipinski definition) is 6. The summed E-state index contributed by atoms with van der Waals surface area (Å²) in [6, 6.07) is 6.09. The lowest BCUT2D eigenvalue weighted by atomic mass is 10.1. The van der Waals surface area contributed by atoms with E-state index in [1.807, 2.05) is 30.9 Å². The molecule has 1 fully saturated rings. The first-order valence-corrected chi connectivity index (χ1v) is 9.40. The molecule has 2 aliphatic heterocycles. The number of ether oxygens (including phenoxy) is 2. The summed E-state index contributed by atoms with van der Waals surface area (Å²) in [6.45, 7) is 8.28. The molecule has 7 nitrogen and oxygen atoms in total. The van der Waals surface area contributed by atoms with E-state index in [2.05, 4.69) is 16.1 Å². The van der Waals surface area contributed by atoms with Crippen molar-refractivity contribution in [3.05, 3.63) is 40.8 Å². The molecule has 1 aromatic heterocycles. The fourth-order valence-corrected chi connectivity index (χ4v) is 3.70. The van der Waals surface area contributed by atoms with Gasteiger partial charge in [0.1, 0.15) is 5.76 Å². The van der Waals surface area contributed by atoms with Crippen molar-refractivity contribution in [1.29, 1.82) is 0 Å². The summed E-state index contributed by atoms with van der Waals surface area (Å²) in [5, 5.41) is 3.95. The van der Waals surface area contributed by atoms with E-state index in [9.17, 15) is 4.79 Å². The summed E-state index contributed by atoms with van der Waals surface area (Å²) in [5.41, 5.74) is 3.15. The fraction of sp³-hybridized carbons (Fsp3) is 0.500. The van der Waals surface area contributed by atoms with Gasteiger partial charge in [0.15, 0.2) is 11.5 Å². The average molecular weight is 371 g/mol. The van der Waals surface area contributed by atoms with Crippen LogP contribution in [-0.4, -0.2) is 53.8 Å². The predicted octanol–water partition coefficient (Wildman–Crippen LogP) is 2.30. The highest BCUT2D eigenvalue weighted by Crippen LogP contribution is 2.32. The van der Waals surface area contributed by atoms with E-state index in [0.29, 0.717) is 19.6 Å². The predicted molar refractivity (Wildman–Crippen MR) is 98.7 cm³/mol. The summed E-state index contributed by atoms with van der Waals surface area (Å²) in [4.78, 5) is 16.9. The number of carbonyl (C=O) groups is 1. The zero-order chi connectivity index (χ0) is 18.8. The Bertz CT molecular complexity index is 805. The van der Waals surface area contributed by atoms with Crippen LogP contribution in [0, 0.1) is 13.8 Å². The van der Waals surface area contributed by atoms with E-state index in [-0.39, 0.29) is 5.91 Å². The molecule has 2 aromatic rings. The second kappa shape index (κ2) is 7.60. The number of hydrogen-bond donors (Lipinski definition) is 0. The third-order valence-corrected chi connectivity index (χ3v) is 5.34. The van der Waals surface area contributed by atoms with Crippen LogP contribution in [0.4, 0.5) is 0 Å². The first-order valence-electron chi connectivity index (χ1n) is 9.40.